The maximum atomic E-state index is 13.4. The zero-order valence-electron chi connectivity index (χ0n) is 17.8. The largest absolute Gasteiger partial charge is 0.361 e. The van der Waals surface area contributed by atoms with Crippen molar-refractivity contribution < 1.29 is 19.1 Å². The smallest absolute Gasteiger partial charge is 0.243 e. The van der Waals surface area contributed by atoms with Crippen molar-refractivity contribution >= 4 is 17.6 Å². The van der Waals surface area contributed by atoms with E-state index in [1.807, 2.05) is 51.1 Å². The zero-order chi connectivity index (χ0) is 21.2. The molecule has 2 heterocycles. The number of nitrogens with one attached hydrogen (secondary N) is 1. The molecular weight excluding hydrogens is 368 g/mol. The third kappa shape index (κ3) is 5.04. The van der Waals surface area contributed by atoms with Crippen molar-refractivity contribution in [3.05, 3.63) is 35.9 Å². The van der Waals surface area contributed by atoms with E-state index < -0.39 is 17.7 Å². The summed E-state index contributed by atoms with van der Waals surface area (Å²) in [7, 11) is 0. The van der Waals surface area contributed by atoms with Crippen LogP contribution in [0.25, 0.3) is 0 Å². The molecule has 6 heteroatoms. The fraction of sp³-hybridized carbons (Fsp3) is 0.609. The van der Waals surface area contributed by atoms with Crippen molar-refractivity contribution in [2.45, 2.75) is 77.1 Å². The summed E-state index contributed by atoms with van der Waals surface area (Å²) in [5, 5.41) is 2.97. The van der Waals surface area contributed by atoms with E-state index in [4.69, 9.17) is 4.74 Å². The van der Waals surface area contributed by atoms with Crippen LogP contribution in [0.3, 0.4) is 0 Å². The SMILES string of the molecule is CC(C)C[C@H](NC(=O)[C@H](Cc1ccccc1)N1C(=O)CCC1C)C(=O)[C@@]1(C)CO1. The number of ether oxygens (including phenoxy) is 1. The lowest BCUT2D eigenvalue weighted by molar-refractivity contribution is -0.140. The van der Waals surface area contributed by atoms with Crippen LogP contribution in [0.1, 0.15) is 52.5 Å². The number of epoxide rings is 1. The molecule has 2 amide bonds. The maximum Gasteiger partial charge on any atom is 0.243 e. The molecule has 6 nitrogen and oxygen atoms in total. The number of carbonyl (C=O) groups is 3. The molecule has 0 spiro atoms. The number of hydrogen-bond acceptors (Lipinski definition) is 4. The van der Waals surface area contributed by atoms with E-state index in [1.165, 1.54) is 0 Å². The molecule has 0 saturated carbocycles. The molecule has 4 atom stereocenters. The lowest BCUT2D eigenvalue weighted by atomic mass is 9.92. The zero-order valence-corrected chi connectivity index (χ0v) is 17.8. The van der Waals surface area contributed by atoms with Gasteiger partial charge in [0.1, 0.15) is 11.6 Å². The van der Waals surface area contributed by atoms with Gasteiger partial charge >= 0.3 is 0 Å². The topological polar surface area (TPSA) is 79.0 Å². The van der Waals surface area contributed by atoms with Gasteiger partial charge in [0.05, 0.1) is 12.6 Å². The van der Waals surface area contributed by atoms with Gasteiger partial charge in [0, 0.05) is 18.9 Å². The Morgan fingerprint density at radius 3 is 2.45 bits per heavy atom. The van der Waals surface area contributed by atoms with Gasteiger partial charge in [0.25, 0.3) is 0 Å². The molecule has 29 heavy (non-hydrogen) atoms. The Morgan fingerprint density at radius 1 is 1.28 bits per heavy atom. The normalized spacial score (nSPS) is 25.8. The second-order valence-corrected chi connectivity index (χ2v) is 8.97. The number of amides is 2. The molecule has 2 fully saturated rings. The standard InChI is InChI=1S/C23H32N2O4/c1-15(2)12-18(21(27)23(4)14-29-23)24-22(28)19(13-17-8-6-5-7-9-17)25-16(3)10-11-20(25)26/h5-9,15-16,18-19H,10-14H2,1-4H3,(H,24,28)/t16?,18-,19-,23+/m0/s1. The number of rotatable bonds is 9. The van der Waals surface area contributed by atoms with Gasteiger partial charge in [-0.2, -0.15) is 0 Å². The number of Topliss-reactive ketones (excluding diaryl/α,β-unsaturated/α-hetero) is 1. The average Bonchev–Trinajstić information content (AvgIpc) is 3.35. The van der Waals surface area contributed by atoms with Crippen molar-refractivity contribution in [1.82, 2.24) is 10.2 Å². The van der Waals surface area contributed by atoms with E-state index in [2.05, 4.69) is 5.32 Å². The summed E-state index contributed by atoms with van der Waals surface area (Å²) in [5.74, 6) is -0.109. The first-order valence-corrected chi connectivity index (χ1v) is 10.5. The molecule has 2 aliphatic rings. The van der Waals surface area contributed by atoms with Gasteiger partial charge in [-0.25, -0.2) is 0 Å². The molecule has 0 aliphatic carbocycles. The average molecular weight is 401 g/mol. The molecule has 1 unspecified atom stereocenters. The van der Waals surface area contributed by atoms with Crippen LogP contribution in [0.4, 0.5) is 0 Å². The number of ketones is 1. The number of nitrogens with zero attached hydrogens (tertiary/aromatic N) is 1. The van der Waals surface area contributed by atoms with Crippen LogP contribution in [0, 0.1) is 5.92 Å². The Bertz CT molecular complexity index is 757. The molecule has 158 valence electrons. The number of benzene rings is 1. The van der Waals surface area contributed by atoms with E-state index >= 15 is 0 Å². The summed E-state index contributed by atoms with van der Waals surface area (Å²) in [6.45, 7) is 8.19. The molecule has 2 saturated heterocycles. The Labute approximate surface area is 173 Å². The fourth-order valence-corrected chi connectivity index (χ4v) is 4.07. The van der Waals surface area contributed by atoms with E-state index in [9.17, 15) is 14.4 Å². The summed E-state index contributed by atoms with van der Waals surface area (Å²) < 4.78 is 5.33. The van der Waals surface area contributed by atoms with E-state index in [1.54, 1.807) is 11.8 Å². The number of hydrogen-bond donors (Lipinski definition) is 1. The highest BCUT2D eigenvalue weighted by molar-refractivity contribution is 5.98. The van der Waals surface area contributed by atoms with E-state index in [0.717, 1.165) is 12.0 Å². The van der Waals surface area contributed by atoms with Crippen LogP contribution < -0.4 is 5.32 Å². The van der Waals surface area contributed by atoms with Crippen molar-refractivity contribution in [3.8, 4) is 0 Å². The van der Waals surface area contributed by atoms with Gasteiger partial charge < -0.3 is 15.0 Å². The summed E-state index contributed by atoms with van der Waals surface area (Å²) in [6.07, 6.45) is 2.18. The van der Waals surface area contributed by atoms with Crippen LogP contribution in [0.5, 0.6) is 0 Å². The molecular formula is C23H32N2O4. The number of likely N-dealkylation sites (tertiary alicyclic amines) is 1. The molecule has 0 aromatic heterocycles. The predicted molar refractivity (Wildman–Crippen MR) is 110 cm³/mol. The summed E-state index contributed by atoms with van der Waals surface area (Å²) in [5.41, 5.74) is 0.196. The molecule has 1 aromatic carbocycles. The maximum absolute atomic E-state index is 13.4. The predicted octanol–water partition coefficient (Wildman–Crippen LogP) is 2.50. The molecule has 0 bridgehead atoms. The van der Waals surface area contributed by atoms with Crippen molar-refractivity contribution in [3.63, 3.8) is 0 Å². The summed E-state index contributed by atoms with van der Waals surface area (Å²) in [6, 6.07) is 8.47. The molecule has 2 aliphatic heterocycles. The minimum Gasteiger partial charge on any atom is -0.361 e. The second-order valence-electron chi connectivity index (χ2n) is 8.97. The van der Waals surface area contributed by atoms with Crippen molar-refractivity contribution in [2.24, 2.45) is 5.92 Å². The van der Waals surface area contributed by atoms with Crippen molar-refractivity contribution in [2.75, 3.05) is 6.61 Å². The van der Waals surface area contributed by atoms with Crippen LogP contribution in [0.2, 0.25) is 0 Å². The van der Waals surface area contributed by atoms with Gasteiger partial charge in [-0.1, -0.05) is 44.2 Å². The third-order valence-corrected chi connectivity index (χ3v) is 5.89. The summed E-state index contributed by atoms with van der Waals surface area (Å²) >= 11 is 0. The second kappa shape index (κ2) is 8.66. The van der Waals surface area contributed by atoms with E-state index in [0.29, 0.717) is 25.9 Å². The first-order chi connectivity index (χ1) is 13.7. The van der Waals surface area contributed by atoms with Crippen molar-refractivity contribution in [1.29, 1.82) is 0 Å². The van der Waals surface area contributed by atoms with Crippen LogP contribution in [-0.4, -0.2) is 52.8 Å². The van der Waals surface area contributed by atoms with Crippen LogP contribution in [0.15, 0.2) is 30.3 Å². The fourth-order valence-electron chi connectivity index (χ4n) is 4.07. The highest BCUT2D eigenvalue weighted by Crippen LogP contribution is 2.30. The third-order valence-electron chi connectivity index (χ3n) is 5.89. The van der Waals surface area contributed by atoms with Gasteiger partial charge in [-0.15, -0.1) is 0 Å². The van der Waals surface area contributed by atoms with Crippen LogP contribution in [-0.2, 0) is 25.5 Å². The minimum atomic E-state index is -0.793. The summed E-state index contributed by atoms with van der Waals surface area (Å²) in [4.78, 5) is 40.5. The highest BCUT2D eigenvalue weighted by Gasteiger charge is 2.50. The number of carbonyl (C=O) groups excluding carboxylic acids is 3. The van der Waals surface area contributed by atoms with Gasteiger partial charge in [-0.3, -0.25) is 14.4 Å². The first-order valence-electron chi connectivity index (χ1n) is 10.5. The quantitative estimate of drug-likeness (QED) is 0.646. The molecule has 1 aromatic rings. The Balaban J connectivity index is 1.82. The minimum absolute atomic E-state index is 0.00203. The molecule has 0 radical (unpaired) electrons. The Kier molecular flexibility index (Phi) is 6.42. The van der Waals surface area contributed by atoms with Crippen LogP contribution >= 0.6 is 0 Å². The monoisotopic (exact) mass is 400 g/mol. The Morgan fingerprint density at radius 2 is 1.93 bits per heavy atom. The molecule has 3 rings (SSSR count). The van der Waals surface area contributed by atoms with Gasteiger partial charge in [0.2, 0.25) is 11.8 Å². The lowest BCUT2D eigenvalue weighted by Gasteiger charge is -2.32. The van der Waals surface area contributed by atoms with Gasteiger partial charge in [0.15, 0.2) is 5.78 Å². The molecule has 1 N–H and O–H groups in total. The lowest BCUT2D eigenvalue weighted by Crippen LogP contribution is -2.56. The van der Waals surface area contributed by atoms with Gasteiger partial charge in [-0.05, 0) is 38.2 Å². The van der Waals surface area contributed by atoms with E-state index in [-0.39, 0.29) is 29.6 Å². The Hall–Kier alpha value is -2.21. The highest BCUT2D eigenvalue weighted by atomic mass is 16.6. The first kappa shape index (κ1) is 21.5.